The molecule has 19 heavy (non-hydrogen) atoms. The van der Waals surface area contributed by atoms with Gasteiger partial charge >= 0.3 is 6.03 Å². The van der Waals surface area contributed by atoms with E-state index in [4.69, 9.17) is 0 Å². The lowest BCUT2D eigenvalue weighted by Gasteiger charge is -2.14. The molecule has 6 nitrogen and oxygen atoms in total. The van der Waals surface area contributed by atoms with E-state index in [1.807, 2.05) is 12.1 Å². The number of nitrogens with zero attached hydrogens (tertiary/aromatic N) is 3. The average Bonchev–Trinajstić information content (AvgIpc) is 2.64. The minimum Gasteiger partial charge on any atom is -0.385 e. The Hall–Kier alpha value is -2.11. The van der Waals surface area contributed by atoms with Crippen molar-refractivity contribution in [2.45, 2.75) is 19.9 Å². The summed E-state index contributed by atoms with van der Waals surface area (Å²) < 4.78 is 0. The number of carbonyl (C=O) groups excluding carboxylic acids is 2. The molecule has 1 aromatic rings. The Bertz CT molecular complexity index is 489. The second-order valence-corrected chi connectivity index (χ2v) is 4.58. The Morgan fingerprint density at radius 2 is 2.21 bits per heavy atom. The van der Waals surface area contributed by atoms with Crippen LogP contribution in [0.15, 0.2) is 18.3 Å². The van der Waals surface area contributed by atoms with Gasteiger partial charge in [-0.15, -0.1) is 0 Å². The Morgan fingerprint density at radius 3 is 2.84 bits per heavy atom. The van der Waals surface area contributed by atoms with Crippen molar-refractivity contribution in [3.63, 3.8) is 0 Å². The maximum atomic E-state index is 11.8. The summed E-state index contributed by atoms with van der Waals surface area (Å²) in [4.78, 5) is 30.3. The van der Waals surface area contributed by atoms with E-state index in [2.05, 4.69) is 17.2 Å². The van der Waals surface area contributed by atoms with Crippen molar-refractivity contribution in [1.29, 1.82) is 0 Å². The first-order chi connectivity index (χ1) is 9.11. The van der Waals surface area contributed by atoms with Gasteiger partial charge in [-0.05, 0) is 18.6 Å². The monoisotopic (exact) mass is 262 g/mol. The number of amides is 3. The molecule has 0 atom stereocenters. The van der Waals surface area contributed by atoms with Gasteiger partial charge in [0.15, 0.2) is 0 Å². The number of hydrogen-bond donors (Lipinski definition) is 1. The second-order valence-electron chi connectivity index (χ2n) is 4.58. The summed E-state index contributed by atoms with van der Waals surface area (Å²) in [5.74, 6) is -0.179. The topological polar surface area (TPSA) is 65.5 Å². The van der Waals surface area contributed by atoms with Crippen molar-refractivity contribution < 1.29 is 9.59 Å². The fraction of sp³-hybridized carbons (Fsp3) is 0.462. The lowest BCUT2D eigenvalue weighted by Crippen LogP contribution is -2.31. The van der Waals surface area contributed by atoms with Crippen LogP contribution in [0.4, 0.5) is 10.5 Å². The zero-order chi connectivity index (χ0) is 13.8. The van der Waals surface area contributed by atoms with Crippen LogP contribution in [-0.4, -0.2) is 46.9 Å². The molecule has 0 aromatic carbocycles. The quantitative estimate of drug-likeness (QED) is 0.812. The first-order valence-corrected chi connectivity index (χ1v) is 6.36. The summed E-state index contributed by atoms with van der Waals surface area (Å²) in [6.07, 6.45) is 2.72. The highest BCUT2D eigenvalue weighted by Crippen LogP contribution is 2.14. The van der Waals surface area contributed by atoms with Crippen LogP contribution in [0.5, 0.6) is 0 Å². The first kappa shape index (κ1) is 13.3. The lowest BCUT2D eigenvalue weighted by atomic mass is 10.3. The van der Waals surface area contributed by atoms with Gasteiger partial charge in [0.25, 0.3) is 5.91 Å². The van der Waals surface area contributed by atoms with Crippen molar-refractivity contribution >= 4 is 17.6 Å². The Morgan fingerprint density at radius 1 is 1.42 bits per heavy atom. The maximum Gasteiger partial charge on any atom is 0.327 e. The first-order valence-electron chi connectivity index (χ1n) is 6.36. The van der Waals surface area contributed by atoms with Gasteiger partial charge in [0, 0.05) is 25.5 Å². The van der Waals surface area contributed by atoms with Crippen molar-refractivity contribution in [2.24, 2.45) is 0 Å². The van der Waals surface area contributed by atoms with E-state index in [-0.39, 0.29) is 25.0 Å². The molecule has 6 heteroatoms. The number of likely N-dealkylation sites (N-methyl/N-ethyl adjacent to an activating group) is 1. The van der Waals surface area contributed by atoms with Crippen LogP contribution in [0.25, 0.3) is 0 Å². The van der Waals surface area contributed by atoms with Crippen molar-refractivity contribution in [3.8, 4) is 0 Å². The maximum absolute atomic E-state index is 11.8. The number of nitrogens with one attached hydrogen (secondary N) is 1. The highest BCUT2D eigenvalue weighted by atomic mass is 16.2. The summed E-state index contributed by atoms with van der Waals surface area (Å²) in [5.41, 5.74) is 1.66. The standard InChI is InChI=1S/C13H18N4O2/c1-3-5-14-10-4-6-15-11(7-10)8-17-12(18)9-16(2)13(17)19/h4,6-7H,3,5,8-9H2,1-2H3,(H,14,15). The Labute approximate surface area is 112 Å². The smallest absolute Gasteiger partial charge is 0.327 e. The zero-order valence-corrected chi connectivity index (χ0v) is 11.2. The summed E-state index contributed by atoms with van der Waals surface area (Å²) in [5, 5.41) is 3.25. The molecule has 2 heterocycles. The van der Waals surface area contributed by atoms with Gasteiger partial charge in [-0.25, -0.2) is 4.79 Å². The summed E-state index contributed by atoms with van der Waals surface area (Å²) in [6, 6.07) is 3.48. The third-order valence-electron chi connectivity index (χ3n) is 2.95. The van der Waals surface area contributed by atoms with Crippen LogP contribution < -0.4 is 5.32 Å². The van der Waals surface area contributed by atoms with Gasteiger partial charge < -0.3 is 10.2 Å². The molecule has 1 fully saturated rings. The fourth-order valence-electron chi connectivity index (χ4n) is 1.93. The summed E-state index contributed by atoms with van der Waals surface area (Å²) in [6.45, 7) is 3.34. The largest absolute Gasteiger partial charge is 0.385 e. The number of carbonyl (C=O) groups is 2. The molecule has 1 saturated heterocycles. The molecule has 1 aliphatic rings. The molecule has 0 bridgehead atoms. The predicted octanol–water partition coefficient (Wildman–Crippen LogP) is 1.30. The SMILES string of the molecule is CCCNc1ccnc(CN2C(=O)CN(C)C2=O)c1. The van der Waals surface area contributed by atoms with E-state index in [0.717, 1.165) is 18.7 Å². The number of urea groups is 1. The highest BCUT2D eigenvalue weighted by Gasteiger charge is 2.33. The molecule has 2 rings (SSSR count). The van der Waals surface area contributed by atoms with E-state index in [9.17, 15) is 9.59 Å². The molecule has 1 aliphatic heterocycles. The zero-order valence-electron chi connectivity index (χ0n) is 11.2. The molecule has 0 saturated carbocycles. The van der Waals surface area contributed by atoms with Gasteiger partial charge in [-0.2, -0.15) is 0 Å². The van der Waals surface area contributed by atoms with Crippen LogP contribution in [0.2, 0.25) is 0 Å². The van der Waals surface area contributed by atoms with Crippen LogP contribution in [-0.2, 0) is 11.3 Å². The second kappa shape index (κ2) is 5.69. The molecule has 0 unspecified atom stereocenters. The van der Waals surface area contributed by atoms with Crippen molar-refractivity contribution in [2.75, 3.05) is 25.5 Å². The van der Waals surface area contributed by atoms with E-state index in [1.54, 1.807) is 13.2 Å². The minimum absolute atomic E-state index is 0.145. The van der Waals surface area contributed by atoms with Crippen molar-refractivity contribution in [1.82, 2.24) is 14.8 Å². The van der Waals surface area contributed by atoms with Crippen LogP contribution >= 0.6 is 0 Å². The normalized spacial score (nSPS) is 15.3. The fourth-order valence-corrected chi connectivity index (χ4v) is 1.93. The molecular formula is C13H18N4O2. The molecule has 0 spiro atoms. The number of imide groups is 1. The van der Waals surface area contributed by atoms with Gasteiger partial charge in [-0.1, -0.05) is 6.92 Å². The van der Waals surface area contributed by atoms with Gasteiger partial charge in [0.1, 0.15) is 6.54 Å². The van der Waals surface area contributed by atoms with Gasteiger partial charge in [-0.3, -0.25) is 14.7 Å². The van der Waals surface area contributed by atoms with Gasteiger partial charge in [0.2, 0.25) is 0 Å². The third-order valence-corrected chi connectivity index (χ3v) is 2.95. The predicted molar refractivity (Wildman–Crippen MR) is 71.6 cm³/mol. The van der Waals surface area contributed by atoms with E-state index in [1.165, 1.54) is 9.80 Å². The number of aromatic nitrogens is 1. The Kier molecular flexibility index (Phi) is 3.99. The minimum atomic E-state index is -0.265. The Balaban J connectivity index is 2.06. The molecule has 102 valence electrons. The third kappa shape index (κ3) is 3.01. The molecule has 1 N–H and O–H groups in total. The number of hydrogen-bond acceptors (Lipinski definition) is 4. The average molecular weight is 262 g/mol. The molecular weight excluding hydrogens is 244 g/mol. The highest BCUT2D eigenvalue weighted by molar-refractivity contribution is 6.01. The summed E-state index contributed by atoms with van der Waals surface area (Å²) >= 11 is 0. The van der Waals surface area contributed by atoms with Crippen molar-refractivity contribution in [3.05, 3.63) is 24.0 Å². The van der Waals surface area contributed by atoms with E-state index >= 15 is 0 Å². The van der Waals surface area contributed by atoms with Crippen LogP contribution in [0, 0.1) is 0 Å². The van der Waals surface area contributed by atoms with Crippen LogP contribution in [0.1, 0.15) is 19.0 Å². The molecule has 0 radical (unpaired) electrons. The lowest BCUT2D eigenvalue weighted by molar-refractivity contribution is -0.125. The van der Waals surface area contributed by atoms with E-state index < -0.39 is 0 Å². The molecule has 3 amide bonds. The number of pyridine rings is 1. The van der Waals surface area contributed by atoms with Gasteiger partial charge in [0.05, 0.1) is 12.2 Å². The number of anilines is 1. The number of rotatable bonds is 5. The van der Waals surface area contributed by atoms with Crippen LogP contribution in [0.3, 0.4) is 0 Å². The van der Waals surface area contributed by atoms with E-state index in [0.29, 0.717) is 5.69 Å². The molecule has 1 aromatic heterocycles. The summed E-state index contributed by atoms with van der Waals surface area (Å²) in [7, 11) is 1.62. The molecule has 0 aliphatic carbocycles.